The Kier molecular flexibility index (Phi) is 7.76. The number of benzene rings is 1. The Morgan fingerprint density at radius 3 is 2.47 bits per heavy atom. The number of anilines is 1. The van der Waals surface area contributed by atoms with Crippen molar-refractivity contribution in [3.8, 4) is 0 Å². The van der Waals surface area contributed by atoms with Crippen LogP contribution in [0.4, 0.5) is 5.69 Å². The van der Waals surface area contributed by atoms with E-state index in [1.54, 1.807) is 18.2 Å². The molecule has 2 aliphatic rings. The summed E-state index contributed by atoms with van der Waals surface area (Å²) in [5, 5.41) is 3.19. The molecule has 0 aromatic heterocycles. The van der Waals surface area contributed by atoms with Crippen LogP contribution in [-0.4, -0.2) is 64.1 Å². The zero-order valence-corrected chi connectivity index (χ0v) is 19.2. The molecule has 2 unspecified atom stereocenters. The number of amides is 1. The van der Waals surface area contributed by atoms with Gasteiger partial charge in [-0.3, -0.25) is 4.79 Å². The molecule has 2 atom stereocenters. The lowest BCUT2D eigenvalue weighted by molar-refractivity contribution is 0.0909. The Morgan fingerprint density at radius 1 is 1.17 bits per heavy atom. The number of nitrogens with one attached hydrogen (secondary N) is 1. The van der Waals surface area contributed by atoms with Crippen LogP contribution in [0.25, 0.3) is 0 Å². The van der Waals surface area contributed by atoms with Crippen molar-refractivity contribution >= 4 is 21.6 Å². The SMILES string of the molecule is CCN(CC)S(=O)(=O)c1ccc(N2CCOCC2)c(C(=O)NC2CCCCC2C)c1. The van der Waals surface area contributed by atoms with Crippen molar-refractivity contribution in [1.82, 2.24) is 9.62 Å². The number of carbonyl (C=O) groups excluding carboxylic acids is 1. The maximum Gasteiger partial charge on any atom is 0.253 e. The highest BCUT2D eigenvalue weighted by atomic mass is 32.2. The van der Waals surface area contributed by atoms with Crippen LogP contribution < -0.4 is 10.2 Å². The van der Waals surface area contributed by atoms with Crippen LogP contribution in [0.3, 0.4) is 0 Å². The van der Waals surface area contributed by atoms with E-state index in [4.69, 9.17) is 4.74 Å². The van der Waals surface area contributed by atoms with Crippen LogP contribution in [-0.2, 0) is 14.8 Å². The number of nitrogens with zero attached hydrogens (tertiary/aromatic N) is 2. The second-order valence-electron chi connectivity index (χ2n) is 8.21. The highest BCUT2D eigenvalue weighted by molar-refractivity contribution is 7.89. The van der Waals surface area contributed by atoms with Crippen molar-refractivity contribution in [1.29, 1.82) is 0 Å². The topological polar surface area (TPSA) is 79.0 Å². The highest BCUT2D eigenvalue weighted by Gasteiger charge is 2.28. The van der Waals surface area contributed by atoms with Gasteiger partial charge >= 0.3 is 0 Å². The van der Waals surface area contributed by atoms with Gasteiger partial charge in [0, 0.05) is 37.9 Å². The second-order valence-corrected chi connectivity index (χ2v) is 10.1. The number of carbonyl (C=O) groups is 1. The first-order valence-corrected chi connectivity index (χ1v) is 12.6. The monoisotopic (exact) mass is 437 g/mol. The summed E-state index contributed by atoms with van der Waals surface area (Å²) in [7, 11) is -3.64. The number of ether oxygens (including phenoxy) is 1. The van der Waals surface area contributed by atoms with E-state index >= 15 is 0 Å². The lowest BCUT2D eigenvalue weighted by Crippen LogP contribution is -2.42. The average Bonchev–Trinajstić information content (AvgIpc) is 2.76. The molecule has 3 rings (SSSR count). The first kappa shape index (κ1) is 23.0. The minimum atomic E-state index is -3.64. The molecular weight excluding hydrogens is 402 g/mol. The zero-order chi connectivity index (χ0) is 21.7. The predicted octanol–water partition coefficient (Wildman–Crippen LogP) is 2.86. The van der Waals surface area contributed by atoms with Gasteiger partial charge in [-0.25, -0.2) is 8.42 Å². The maximum atomic E-state index is 13.3. The van der Waals surface area contributed by atoms with E-state index in [9.17, 15) is 13.2 Å². The second kappa shape index (κ2) is 10.1. The summed E-state index contributed by atoms with van der Waals surface area (Å²) in [5.74, 6) is 0.240. The van der Waals surface area contributed by atoms with Crippen LogP contribution in [0.15, 0.2) is 23.1 Å². The number of sulfonamides is 1. The van der Waals surface area contributed by atoms with Gasteiger partial charge in [0.05, 0.1) is 23.7 Å². The van der Waals surface area contributed by atoms with Crippen molar-refractivity contribution in [2.75, 3.05) is 44.3 Å². The molecule has 0 bridgehead atoms. The molecule has 1 heterocycles. The maximum absolute atomic E-state index is 13.3. The Morgan fingerprint density at radius 2 is 1.83 bits per heavy atom. The van der Waals surface area contributed by atoms with E-state index in [0.717, 1.165) is 24.9 Å². The third kappa shape index (κ3) is 4.98. The van der Waals surface area contributed by atoms with Gasteiger partial charge in [-0.1, -0.05) is 33.6 Å². The zero-order valence-electron chi connectivity index (χ0n) is 18.4. The number of morpholine rings is 1. The van der Waals surface area contributed by atoms with Gasteiger partial charge in [-0.05, 0) is 37.0 Å². The Balaban J connectivity index is 1.96. The van der Waals surface area contributed by atoms with Crippen LogP contribution in [0, 0.1) is 5.92 Å². The summed E-state index contributed by atoms with van der Waals surface area (Å²) in [6.45, 7) is 9.16. The fourth-order valence-corrected chi connectivity index (χ4v) is 5.91. The smallest absolute Gasteiger partial charge is 0.253 e. The molecule has 1 aromatic carbocycles. The van der Waals surface area contributed by atoms with E-state index in [1.165, 1.54) is 10.7 Å². The van der Waals surface area contributed by atoms with Gasteiger partial charge < -0.3 is 15.0 Å². The molecule has 1 N–H and O–H groups in total. The van der Waals surface area contributed by atoms with E-state index in [1.807, 2.05) is 13.8 Å². The van der Waals surface area contributed by atoms with Crippen LogP contribution in [0.2, 0.25) is 0 Å². The molecule has 0 radical (unpaired) electrons. The molecule has 7 nitrogen and oxygen atoms in total. The molecule has 1 saturated heterocycles. The molecule has 30 heavy (non-hydrogen) atoms. The Labute approximate surface area is 180 Å². The van der Waals surface area contributed by atoms with Crippen LogP contribution in [0.1, 0.15) is 56.8 Å². The predicted molar refractivity (Wildman–Crippen MR) is 118 cm³/mol. The van der Waals surface area contributed by atoms with E-state index in [-0.39, 0.29) is 16.8 Å². The van der Waals surface area contributed by atoms with Crippen LogP contribution >= 0.6 is 0 Å². The standard InChI is InChI=1S/C22H35N3O4S/c1-4-25(5-2)30(27,28)18-10-11-21(24-12-14-29-15-13-24)19(16-18)22(26)23-20-9-7-6-8-17(20)3/h10-11,16-17,20H,4-9,12-15H2,1-3H3,(H,23,26). The summed E-state index contributed by atoms with van der Waals surface area (Å²) in [5.41, 5.74) is 1.21. The first-order valence-electron chi connectivity index (χ1n) is 11.2. The van der Waals surface area contributed by atoms with Crippen molar-refractivity contribution in [3.63, 3.8) is 0 Å². The van der Waals surface area contributed by atoms with Gasteiger partial charge in [-0.2, -0.15) is 4.31 Å². The minimum Gasteiger partial charge on any atom is -0.378 e. The summed E-state index contributed by atoms with van der Waals surface area (Å²) >= 11 is 0. The fraction of sp³-hybridized carbons (Fsp3) is 0.682. The molecule has 0 spiro atoms. The number of hydrogen-bond donors (Lipinski definition) is 1. The van der Waals surface area contributed by atoms with Gasteiger partial charge in [0.25, 0.3) is 5.91 Å². The molecule has 8 heteroatoms. The Hall–Kier alpha value is -1.64. The summed E-state index contributed by atoms with van der Waals surface area (Å²) < 4.78 is 33.0. The Bertz CT molecular complexity index is 833. The molecular formula is C22H35N3O4S. The fourth-order valence-electron chi connectivity index (χ4n) is 4.43. The van der Waals surface area contributed by atoms with Crippen molar-refractivity contribution < 1.29 is 17.9 Å². The number of hydrogen-bond acceptors (Lipinski definition) is 5. The van der Waals surface area contributed by atoms with E-state index < -0.39 is 10.0 Å². The molecule has 2 fully saturated rings. The molecule has 1 amide bonds. The molecule has 1 aliphatic heterocycles. The third-order valence-corrected chi connectivity index (χ3v) is 8.38. The van der Waals surface area contributed by atoms with Crippen molar-refractivity contribution in [2.45, 2.75) is 57.4 Å². The summed E-state index contributed by atoms with van der Waals surface area (Å²) in [6.07, 6.45) is 4.39. The lowest BCUT2D eigenvalue weighted by atomic mass is 9.86. The van der Waals surface area contributed by atoms with Crippen LogP contribution in [0.5, 0.6) is 0 Å². The van der Waals surface area contributed by atoms with Gasteiger partial charge in [-0.15, -0.1) is 0 Å². The van der Waals surface area contributed by atoms with Gasteiger partial charge in [0.2, 0.25) is 10.0 Å². The molecule has 1 aliphatic carbocycles. The van der Waals surface area contributed by atoms with Crippen molar-refractivity contribution in [3.05, 3.63) is 23.8 Å². The van der Waals surface area contributed by atoms with Crippen molar-refractivity contribution in [2.24, 2.45) is 5.92 Å². The van der Waals surface area contributed by atoms with Gasteiger partial charge in [0.15, 0.2) is 0 Å². The largest absolute Gasteiger partial charge is 0.378 e. The molecule has 1 saturated carbocycles. The van der Waals surface area contributed by atoms with Gasteiger partial charge in [0.1, 0.15) is 0 Å². The molecule has 168 valence electrons. The highest BCUT2D eigenvalue weighted by Crippen LogP contribution is 2.29. The van der Waals surface area contributed by atoms with E-state index in [2.05, 4.69) is 17.1 Å². The average molecular weight is 438 g/mol. The third-order valence-electron chi connectivity index (χ3n) is 6.34. The normalized spacial score (nSPS) is 22.9. The van der Waals surface area contributed by atoms with E-state index in [0.29, 0.717) is 50.9 Å². The quantitative estimate of drug-likeness (QED) is 0.710. The summed E-state index contributed by atoms with van der Waals surface area (Å²) in [4.78, 5) is 15.6. The lowest BCUT2D eigenvalue weighted by Gasteiger charge is -2.32. The number of rotatable bonds is 7. The first-order chi connectivity index (χ1) is 14.4. The molecule has 1 aromatic rings. The summed E-state index contributed by atoms with van der Waals surface area (Å²) in [6, 6.07) is 5.09. The minimum absolute atomic E-state index is 0.131.